The number of hydrogen-bond acceptors (Lipinski definition) is 2. The van der Waals surface area contributed by atoms with Gasteiger partial charge in [-0.2, -0.15) is 0 Å². The minimum Gasteiger partial charge on any atom is -0.380 e. The van der Waals surface area contributed by atoms with E-state index in [4.69, 9.17) is 0 Å². The van der Waals surface area contributed by atoms with Crippen molar-refractivity contribution in [3.8, 4) is 0 Å². The van der Waals surface area contributed by atoms with Crippen LogP contribution in [0.25, 0.3) is 0 Å². The van der Waals surface area contributed by atoms with Gasteiger partial charge in [0.1, 0.15) is 5.60 Å². The maximum Gasteiger partial charge on any atom is 0.117 e. The maximum absolute atomic E-state index is 12.0. The highest BCUT2D eigenvalue weighted by Gasteiger charge is 2.40. The summed E-state index contributed by atoms with van der Waals surface area (Å²) in [5.41, 5.74) is 3.82. The Balaban J connectivity index is 2.04. The fourth-order valence-electron chi connectivity index (χ4n) is 4.07. The van der Waals surface area contributed by atoms with Crippen LogP contribution in [0.2, 0.25) is 0 Å². The smallest absolute Gasteiger partial charge is 0.117 e. The lowest BCUT2D eigenvalue weighted by molar-refractivity contribution is 0.00232. The topological polar surface area (TPSA) is 32.3 Å². The summed E-state index contributed by atoms with van der Waals surface area (Å²) in [6.45, 7) is 10.8. The van der Waals surface area contributed by atoms with E-state index in [9.17, 15) is 5.11 Å². The molecule has 2 aromatic rings. The number of piperidine rings is 1. The lowest BCUT2D eigenvalue weighted by Gasteiger charge is -2.40. The first-order chi connectivity index (χ1) is 12.4. The predicted molar refractivity (Wildman–Crippen MR) is 110 cm³/mol. The largest absolute Gasteiger partial charge is 0.380 e. The van der Waals surface area contributed by atoms with Gasteiger partial charge in [0, 0.05) is 0 Å². The van der Waals surface area contributed by atoms with Gasteiger partial charge in [-0.1, -0.05) is 74.9 Å². The molecule has 140 valence electrons. The van der Waals surface area contributed by atoms with Crippen LogP contribution in [0.5, 0.6) is 0 Å². The normalized spacial score (nSPS) is 18.5. The Labute approximate surface area is 158 Å². The third kappa shape index (κ3) is 3.58. The first-order valence-electron chi connectivity index (χ1n) is 9.99. The van der Waals surface area contributed by atoms with Crippen LogP contribution >= 0.6 is 0 Å². The van der Waals surface area contributed by atoms with Gasteiger partial charge >= 0.3 is 0 Å². The summed E-state index contributed by atoms with van der Waals surface area (Å²) in [5.74, 6) is 0.233. The molecule has 2 N–H and O–H groups in total. The zero-order valence-corrected chi connectivity index (χ0v) is 16.7. The van der Waals surface area contributed by atoms with Gasteiger partial charge in [-0.15, -0.1) is 0 Å². The van der Waals surface area contributed by atoms with E-state index in [1.54, 1.807) is 0 Å². The van der Waals surface area contributed by atoms with Gasteiger partial charge in [-0.25, -0.2) is 0 Å². The summed E-state index contributed by atoms with van der Waals surface area (Å²) in [6, 6.07) is 17.1. The van der Waals surface area contributed by atoms with Gasteiger partial charge in [0.2, 0.25) is 0 Å². The summed E-state index contributed by atoms with van der Waals surface area (Å²) in [7, 11) is 0. The van der Waals surface area contributed by atoms with E-state index >= 15 is 0 Å². The summed E-state index contributed by atoms with van der Waals surface area (Å²) in [4.78, 5) is 0. The summed E-state index contributed by atoms with van der Waals surface area (Å²) >= 11 is 0. The minimum absolute atomic E-state index is 0.162. The Hall–Kier alpha value is -1.64. The van der Waals surface area contributed by atoms with Gasteiger partial charge in [0.15, 0.2) is 0 Å². The van der Waals surface area contributed by atoms with Crippen LogP contribution < -0.4 is 5.32 Å². The van der Waals surface area contributed by atoms with Crippen molar-refractivity contribution in [1.82, 2.24) is 5.32 Å². The molecular weight excluding hydrogens is 318 g/mol. The van der Waals surface area contributed by atoms with Gasteiger partial charge in [-0.3, -0.25) is 0 Å². The van der Waals surface area contributed by atoms with Crippen LogP contribution in [0.15, 0.2) is 48.5 Å². The zero-order valence-electron chi connectivity index (χ0n) is 16.7. The fraction of sp³-hybridized carbons (Fsp3) is 0.500. The lowest BCUT2D eigenvalue weighted by Crippen LogP contribution is -2.42. The molecule has 1 aliphatic heterocycles. The Bertz CT molecular complexity index is 711. The summed E-state index contributed by atoms with van der Waals surface area (Å²) in [6.07, 6.45) is 3.09. The first kappa shape index (κ1) is 19.1. The molecule has 26 heavy (non-hydrogen) atoms. The molecule has 1 atom stereocenters. The lowest BCUT2D eigenvalue weighted by atomic mass is 9.71. The van der Waals surface area contributed by atoms with Gasteiger partial charge < -0.3 is 10.4 Å². The Kier molecular flexibility index (Phi) is 5.55. The van der Waals surface area contributed by atoms with E-state index < -0.39 is 5.60 Å². The molecule has 0 bridgehead atoms. The van der Waals surface area contributed by atoms with Crippen molar-refractivity contribution in [2.75, 3.05) is 13.1 Å². The molecule has 1 unspecified atom stereocenters. The second kappa shape index (κ2) is 7.54. The van der Waals surface area contributed by atoms with Crippen molar-refractivity contribution < 1.29 is 5.11 Å². The van der Waals surface area contributed by atoms with Crippen molar-refractivity contribution in [2.45, 2.75) is 58.0 Å². The highest BCUT2D eigenvalue weighted by Crippen LogP contribution is 2.41. The van der Waals surface area contributed by atoms with E-state index in [0.29, 0.717) is 0 Å². The quantitative estimate of drug-likeness (QED) is 0.801. The average molecular weight is 352 g/mol. The maximum atomic E-state index is 12.0. The van der Waals surface area contributed by atoms with E-state index in [1.807, 2.05) is 0 Å². The molecule has 2 heteroatoms. The third-order valence-corrected chi connectivity index (χ3v) is 6.41. The number of hydrogen-bond donors (Lipinski definition) is 2. The number of rotatable bonds is 5. The molecular formula is C24H33NO. The molecule has 1 aliphatic rings. The SMILES string of the molecule is CCC(C)(C)c1ccc(C(O)(c2ccc(C)cc2)C2CCNCC2)cc1. The molecule has 1 fully saturated rings. The highest BCUT2D eigenvalue weighted by atomic mass is 16.3. The summed E-state index contributed by atoms with van der Waals surface area (Å²) in [5, 5.41) is 15.4. The van der Waals surface area contributed by atoms with Crippen LogP contribution in [0.3, 0.4) is 0 Å². The van der Waals surface area contributed by atoms with Gasteiger partial charge in [0.05, 0.1) is 0 Å². The molecule has 0 spiro atoms. The standard InChI is InChI=1S/C24H33NO/c1-5-23(3,4)19-10-12-21(13-11-19)24(26,22-14-16-25-17-15-22)20-8-6-18(2)7-9-20/h6-13,22,25-26H,5,14-17H2,1-4H3. The Morgan fingerprint density at radius 3 is 1.85 bits per heavy atom. The van der Waals surface area contributed by atoms with Crippen molar-refractivity contribution in [1.29, 1.82) is 0 Å². The average Bonchev–Trinajstić information content (AvgIpc) is 2.68. The zero-order chi connectivity index (χ0) is 18.8. The monoisotopic (exact) mass is 351 g/mol. The molecule has 0 amide bonds. The van der Waals surface area contributed by atoms with Crippen molar-refractivity contribution >= 4 is 0 Å². The highest BCUT2D eigenvalue weighted by molar-refractivity contribution is 5.40. The van der Waals surface area contributed by atoms with Gasteiger partial charge in [-0.05, 0) is 67.3 Å². The number of nitrogens with one attached hydrogen (secondary N) is 1. The molecule has 1 saturated heterocycles. The summed E-state index contributed by atoms with van der Waals surface area (Å²) < 4.78 is 0. The van der Waals surface area contributed by atoms with Crippen LogP contribution in [0, 0.1) is 12.8 Å². The molecule has 3 rings (SSSR count). The van der Waals surface area contributed by atoms with Gasteiger partial charge in [0.25, 0.3) is 0 Å². The van der Waals surface area contributed by atoms with E-state index in [1.165, 1.54) is 11.1 Å². The Morgan fingerprint density at radius 2 is 1.35 bits per heavy atom. The van der Waals surface area contributed by atoms with E-state index in [-0.39, 0.29) is 11.3 Å². The number of benzene rings is 2. The number of aliphatic hydroxyl groups is 1. The van der Waals surface area contributed by atoms with Crippen molar-refractivity contribution in [3.63, 3.8) is 0 Å². The first-order valence-corrected chi connectivity index (χ1v) is 9.99. The molecule has 2 aromatic carbocycles. The molecule has 0 aliphatic carbocycles. The van der Waals surface area contributed by atoms with Crippen LogP contribution in [-0.2, 0) is 11.0 Å². The predicted octanol–water partition coefficient (Wildman–Crippen LogP) is 4.92. The molecule has 0 radical (unpaired) electrons. The van der Waals surface area contributed by atoms with Crippen LogP contribution in [0.4, 0.5) is 0 Å². The second-order valence-electron chi connectivity index (χ2n) is 8.47. The van der Waals surface area contributed by atoms with Crippen molar-refractivity contribution in [2.24, 2.45) is 5.92 Å². The van der Waals surface area contributed by atoms with Crippen molar-refractivity contribution in [3.05, 3.63) is 70.8 Å². The molecule has 1 heterocycles. The van der Waals surface area contributed by atoms with Crippen LogP contribution in [0.1, 0.15) is 62.3 Å². The van der Waals surface area contributed by atoms with E-state index in [2.05, 4.69) is 81.5 Å². The fourth-order valence-corrected chi connectivity index (χ4v) is 4.07. The molecule has 0 saturated carbocycles. The third-order valence-electron chi connectivity index (χ3n) is 6.41. The Morgan fingerprint density at radius 1 is 0.885 bits per heavy atom. The molecule has 0 aromatic heterocycles. The van der Waals surface area contributed by atoms with E-state index in [0.717, 1.165) is 43.5 Å². The molecule has 2 nitrogen and oxygen atoms in total. The van der Waals surface area contributed by atoms with Crippen LogP contribution in [-0.4, -0.2) is 18.2 Å². The number of aryl methyl sites for hydroxylation is 1. The minimum atomic E-state index is -0.926. The second-order valence-corrected chi connectivity index (χ2v) is 8.47.